The van der Waals surface area contributed by atoms with E-state index in [2.05, 4.69) is 67.3 Å². The maximum absolute atomic E-state index is 3.82. The number of allylic oxidation sites excluding steroid dienone is 2. The standard InChI is InChI=1S/C12H13I/c1-9-4-6-12(10(2)8-9)7-5-11(3)13/h4-8H,3H2,1-2H3/b7-5-. The van der Waals surface area contributed by atoms with Crippen LogP contribution in [0.1, 0.15) is 16.7 Å². The van der Waals surface area contributed by atoms with Crippen molar-refractivity contribution in [1.29, 1.82) is 0 Å². The number of hydrogen-bond donors (Lipinski definition) is 0. The predicted octanol–water partition coefficient (Wildman–Crippen LogP) is 4.27. The van der Waals surface area contributed by atoms with Gasteiger partial charge in [-0.05, 0) is 53.6 Å². The van der Waals surface area contributed by atoms with Crippen molar-refractivity contribution in [2.24, 2.45) is 0 Å². The van der Waals surface area contributed by atoms with Gasteiger partial charge in [-0.1, -0.05) is 36.4 Å². The van der Waals surface area contributed by atoms with Gasteiger partial charge in [0, 0.05) is 3.58 Å². The summed E-state index contributed by atoms with van der Waals surface area (Å²) < 4.78 is 1.05. The molecule has 13 heavy (non-hydrogen) atoms. The molecule has 0 aromatic heterocycles. The molecule has 0 N–H and O–H groups in total. The molecule has 0 bridgehead atoms. The van der Waals surface area contributed by atoms with Crippen molar-refractivity contribution in [3.63, 3.8) is 0 Å². The molecule has 0 aliphatic carbocycles. The largest absolute Gasteiger partial charge is 0.0856 e. The number of rotatable bonds is 2. The predicted molar refractivity (Wildman–Crippen MR) is 68.1 cm³/mol. The molecule has 1 aromatic rings. The van der Waals surface area contributed by atoms with Gasteiger partial charge in [-0.3, -0.25) is 0 Å². The van der Waals surface area contributed by atoms with Gasteiger partial charge in [0.1, 0.15) is 0 Å². The maximum atomic E-state index is 3.82. The topological polar surface area (TPSA) is 0 Å². The minimum absolute atomic E-state index is 1.05. The Balaban J connectivity index is 2.96. The van der Waals surface area contributed by atoms with Gasteiger partial charge in [-0.15, -0.1) is 0 Å². The van der Waals surface area contributed by atoms with Crippen LogP contribution < -0.4 is 0 Å². The highest BCUT2D eigenvalue weighted by atomic mass is 127. The van der Waals surface area contributed by atoms with Crippen LogP contribution in [0.25, 0.3) is 6.08 Å². The van der Waals surface area contributed by atoms with Crippen molar-refractivity contribution in [2.45, 2.75) is 13.8 Å². The van der Waals surface area contributed by atoms with Crippen LogP contribution in [-0.2, 0) is 0 Å². The number of aryl methyl sites for hydroxylation is 2. The Morgan fingerprint density at radius 3 is 2.62 bits per heavy atom. The normalized spacial score (nSPS) is 10.7. The minimum atomic E-state index is 1.05. The summed E-state index contributed by atoms with van der Waals surface area (Å²) in [5.41, 5.74) is 3.89. The molecule has 0 nitrogen and oxygen atoms in total. The molecule has 0 amide bonds. The van der Waals surface area contributed by atoms with E-state index in [9.17, 15) is 0 Å². The molecule has 0 aliphatic rings. The number of benzene rings is 1. The molecule has 1 aromatic carbocycles. The second-order valence-electron chi connectivity index (χ2n) is 3.14. The average molecular weight is 284 g/mol. The molecule has 0 radical (unpaired) electrons. The van der Waals surface area contributed by atoms with E-state index < -0.39 is 0 Å². The lowest BCUT2D eigenvalue weighted by molar-refractivity contribution is 1.37. The number of hydrogen-bond acceptors (Lipinski definition) is 0. The third kappa shape index (κ3) is 3.35. The summed E-state index contributed by atoms with van der Waals surface area (Å²) in [4.78, 5) is 0. The van der Waals surface area contributed by atoms with Crippen molar-refractivity contribution in [3.8, 4) is 0 Å². The Bertz CT molecular complexity index is 348. The van der Waals surface area contributed by atoms with Crippen molar-refractivity contribution in [2.75, 3.05) is 0 Å². The molecule has 1 rings (SSSR count). The van der Waals surface area contributed by atoms with E-state index in [0.29, 0.717) is 0 Å². The first kappa shape index (κ1) is 10.5. The van der Waals surface area contributed by atoms with E-state index in [1.165, 1.54) is 16.7 Å². The third-order valence-corrected chi connectivity index (χ3v) is 2.23. The summed E-state index contributed by atoms with van der Waals surface area (Å²) in [6, 6.07) is 6.46. The lowest BCUT2D eigenvalue weighted by Gasteiger charge is -2.00. The summed E-state index contributed by atoms with van der Waals surface area (Å²) in [6.07, 6.45) is 4.13. The molecule has 0 heterocycles. The smallest absolute Gasteiger partial charge is 0.00581 e. The van der Waals surface area contributed by atoms with E-state index in [0.717, 1.165) is 3.58 Å². The lowest BCUT2D eigenvalue weighted by atomic mass is 10.1. The van der Waals surface area contributed by atoms with Crippen LogP contribution >= 0.6 is 22.6 Å². The summed E-state index contributed by atoms with van der Waals surface area (Å²) in [7, 11) is 0. The quantitative estimate of drug-likeness (QED) is 0.562. The molecule has 1 heteroatoms. The van der Waals surface area contributed by atoms with Gasteiger partial charge in [0.15, 0.2) is 0 Å². The molecular formula is C12H13I. The van der Waals surface area contributed by atoms with Crippen LogP contribution in [0.3, 0.4) is 0 Å². The van der Waals surface area contributed by atoms with Gasteiger partial charge in [0.2, 0.25) is 0 Å². The Morgan fingerprint density at radius 2 is 2.08 bits per heavy atom. The highest BCUT2D eigenvalue weighted by Gasteiger charge is 1.93. The average Bonchev–Trinajstić information content (AvgIpc) is 2.02. The van der Waals surface area contributed by atoms with E-state index in [1.807, 2.05) is 6.08 Å². The summed E-state index contributed by atoms with van der Waals surface area (Å²) in [5, 5.41) is 0. The molecule has 0 atom stereocenters. The van der Waals surface area contributed by atoms with Crippen molar-refractivity contribution in [1.82, 2.24) is 0 Å². The molecule has 0 saturated carbocycles. The van der Waals surface area contributed by atoms with Crippen LogP contribution in [0.2, 0.25) is 0 Å². The van der Waals surface area contributed by atoms with Gasteiger partial charge in [0.25, 0.3) is 0 Å². The zero-order chi connectivity index (χ0) is 9.84. The van der Waals surface area contributed by atoms with Crippen LogP contribution in [-0.4, -0.2) is 0 Å². The van der Waals surface area contributed by atoms with Crippen LogP contribution in [0, 0.1) is 13.8 Å². The first-order valence-corrected chi connectivity index (χ1v) is 5.27. The highest BCUT2D eigenvalue weighted by molar-refractivity contribution is 14.1. The first-order chi connectivity index (χ1) is 6.09. The monoisotopic (exact) mass is 284 g/mol. The fourth-order valence-corrected chi connectivity index (χ4v) is 1.37. The van der Waals surface area contributed by atoms with Gasteiger partial charge >= 0.3 is 0 Å². The van der Waals surface area contributed by atoms with E-state index in [1.54, 1.807) is 0 Å². The molecule has 0 saturated heterocycles. The van der Waals surface area contributed by atoms with Crippen LogP contribution in [0.5, 0.6) is 0 Å². The summed E-state index contributed by atoms with van der Waals surface area (Å²) in [5.74, 6) is 0. The minimum Gasteiger partial charge on any atom is -0.0856 e. The summed E-state index contributed by atoms with van der Waals surface area (Å²) in [6.45, 7) is 8.05. The maximum Gasteiger partial charge on any atom is 0.00581 e. The zero-order valence-corrected chi connectivity index (χ0v) is 10.1. The fourth-order valence-electron chi connectivity index (χ4n) is 1.19. The third-order valence-electron chi connectivity index (χ3n) is 1.87. The van der Waals surface area contributed by atoms with E-state index in [-0.39, 0.29) is 0 Å². The van der Waals surface area contributed by atoms with Gasteiger partial charge in [-0.2, -0.15) is 0 Å². The van der Waals surface area contributed by atoms with Crippen molar-refractivity contribution < 1.29 is 0 Å². The zero-order valence-electron chi connectivity index (χ0n) is 7.97. The number of halogens is 1. The summed E-state index contributed by atoms with van der Waals surface area (Å²) >= 11 is 2.21. The first-order valence-electron chi connectivity index (χ1n) is 4.19. The van der Waals surface area contributed by atoms with Crippen LogP contribution in [0.15, 0.2) is 34.4 Å². The Morgan fingerprint density at radius 1 is 1.38 bits per heavy atom. The van der Waals surface area contributed by atoms with E-state index in [4.69, 9.17) is 0 Å². The fraction of sp³-hybridized carbons (Fsp3) is 0.167. The lowest BCUT2D eigenvalue weighted by Crippen LogP contribution is -1.81. The SMILES string of the molecule is C=C(I)/C=C\c1ccc(C)cc1C. The Kier molecular flexibility index (Phi) is 3.72. The van der Waals surface area contributed by atoms with E-state index >= 15 is 0 Å². The van der Waals surface area contributed by atoms with Crippen molar-refractivity contribution >= 4 is 28.7 Å². The van der Waals surface area contributed by atoms with Gasteiger partial charge in [-0.25, -0.2) is 0 Å². The highest BCUT2D eigenvalue weighted by Crippen LogP contribution is 2.14. The molecule has 0 fully saturated rings. The molecule has 0 aliphatic heterocycles. The van der Waals surface area contributed by atoms with Gasteiger partial charge in [0.05, 0.1) is 0 Å². The molecule has 0 unspecified atom stereocenters. The molecule has 68 valence electrons. The second-order valence-corrected chi connectivity index (χ2v) is 4.53. The van der Waals surface area contributed by atoms with Crippen molar-refractivity contribution in [3.05, 3.63) is 51.1 Å². The van der Waals surface area contributed by atoms with Gasteiger partial charge < -0.3 is 0 Å². The Hall–Kier alpha value is -0.570. The van der Waals surface area contributed by atoms with Crippen LogP contribution in [0.4, 0.5) is 0 Å². The molecule has 0 spiro atoms. The molecular weight excluding hydrogens is 271 g/mol. The second kappa shape index (κ2) is 4.61. The Labute approximate surface area is 93.5 Å².